The van der Waals surface area contributed by atoms with E-state index in [2.05, 4.69) is 11.8 Å². The molecular formula is C25H49N3O6. The zero-order valence-electron chi connectivity index (χ0n) is 22.8. The number of cyclic esters (lactones) is 1. The minimum atomic E-state index is -1.21. The molecule has 1 unspecified atom stereocenters. The summed E-state index contributed by atoms with van der Waals surface area (Å²) in [6.07, 6.45) is -1.03. The summed E-state index contributed by atoms with van der Waals surface area (Å²) in [6, 6.07) is 0. The van der Waals surface area contributed by atoms with Gasteiger partial charge in [0.25, 0.3) is 0 Å². The number of nitrogens with zero attached hydrogens (tertiary/aromatic N) is 3. The molecule has 2 N–H and O–H groups in total. The maximum atomic E-state index is 12.8. The number of aliphatic hydroxyl groups excluding tert-OH is 2. The van der Waals surface area contributed by atoms with E-state index >= 15 is 0 Å². The molecular weight excluding hydrogens is 438 g/mol. The molecule has 0 saturated carbocycles. The van der Waals surface area contributed by atoms with Crippen molar-refractivity contribution in [3.8, 4) is 0 Å². The van der Waals surface area contributed by atoms with Crippen LogP contribution in [0, 0.1) is 17.3 Å². The lowest BCUT2D eigenvalue weighted by molar-refractivity contribution is -0.175. The minimum absolute atomic E-state index is 0.0374. The lowest BCUT2D eigenvalue weighted by atomic mass is 9.73. The van der Waals surface area contributed by atoms with E-state index in [1.54, 1.807) is 27.9 Å². The van der Waals surface area contributed by atoms with Crippen molar-refractivity contribution in [2.75, 3.05) is 67.6 Å². The molecule has 0 bridgehead atoms. The smallest absolute Gasteiger partial charge is 0.314 e. The maximum Gasteiger partial charge on any atom is 0.314 e. The van der Waals surface area contributed by atoms with Gasteiger partial charge in [0.1, 0.15) is 0 Å². The molecule has 1 aliphatic rings. The number of amides is 1. The van der Waals surface area contributed by atoms with Gasteiger partial charge >= 0.3 is 5.97 Å². The van der Waals surface area contributed by atoms with Crippen molar-refractivity contribution in [3.63, 3.8) is 0 Å². The number of ether oxygens (including phenoxy) is 2. The Hall–Kier alpha value is -1.26. The van der Waals surface area contributed by atoms with Gasteiger partial charge in [-0.2, -0.15) is 0 Å². The molecule has 0 aliphatic carbocycles. The predicted molar refractivity (Wildman–Crippen MR) is 132 cm³/mol. The first-order valence-electron chi connectivity index (χ1n) is 12.3. The van der Waals surface area contributed by atoms with E-state index in [1.807, 2.05) is 37.9 Å². The number of carbonyl (C=O) groups is 2. The number of carbonyl (C=O) groups excluding carboxylic acids is 2. The summed E-state index contributed by atoms with van der Waals surface area (Å²) < 4.78 is 11.3. The minimum Gasteiger partial charge on any atom is -0.465 e. The number of likely N-dealkylation sites (N-methyl/N-ethyl adjacent to an activating group) is 2. The van der Waals surface area contributed by atoms with Crippen molar-refractivity contribution in [2.45, 2.75) is 65.3 Å². The summed E-state index contributed by atoms with van der Waals surface area (Å²) in [6.45, 7) is 12.0. The quantitative estimate of drug-likeness (QED) is 0.570. The van der Waals surface area contributed by atoms with E-state index in [1.165, 1.54) is 0 Å². The van der Waals surface area contributed by atoms with Gasteiger partial charge in [-0.05, 0) is 60.7 Å². The van der Waals surface area contributed by atoms with Crippen molar-refractivity contribution in [2.24, 2.45) is 17.3 Å². The number of methoxy groups -OCH3 is 1. The molecule has 1 saturated heterocycles. The maximum absolute atomic E-state index is 12.8. The molecule has 1 aliphatic heterocycles. The first-order chi connectivity index (χ1) is 15.7. The van der Waals surface area contributed by atoms with E-state index in [9.17, 15) is 19.8 Å². The highest BCUT2D eigenvalue weighted by molar-refractivity contribution is 5.78. The molecule has 9 nitrogen and oxygen atoms in total. The Morgan fingerprint density at radius 2 is 1.76 bits per heavy atom. The van der Waals surface area contributed by atoms with Crippen LogP contribution in [0.15, 0.2) is 0 Å². The van der Waals surface area contributed by atoms with Crippen molar-refractivity contribution >= 4 is 11.9 Å². The van der Waals surface area contributed by atoms with Crippen LogP contribution in [-0.4, -0.2) is 122 Å². The van der Waals surface area contributed by atoms with Crippen molar-refractivity contribution in [3.05, 3.63) is 0 Å². The summed E-state index contributed by atoms with van der Waals surface area (Å²) in [5.41, 5.74) is -2.11. The van der Waals surface area contributed by atoms with Gasteiger partial charge in [0.05, 0.1) is 36.4 Å². The van der Waals surface area contributed by atoms with Crippen LogP contribution in [0.4, 0.5) is 0 Å². The standard InChI is InChI=1S/C25H49N3O6/c1-18-15-25(5,33-9)22(31)19(2)21(30)24(3,4)23(32)34-14-10-11-28(13-12-27(8)16-18)20(29)17-26(6)7/h18-19,21-22,30-31H,10-17H2,1-9H3/t18-,19+,21?,22-,25-/m1/s1. The van der Waals surface area contributed by atoms with Crippen LogP contribution in [0.25, 0.3) is 0 Å². The summed E-state index contributed by atoms with van der Waals surface area (Å²) in [7, 11) is 7.32. The molecule has 0 aromatic carbocycles. The van der Waals surface area contributed by atoms with E-state index in [-0.39, 0.29) is 18.4 Å². The normalized spacial score (nSPS) is 33.4. The fourth-order valence-corrected chi connectivity index (χ4v) is 4.84. The molecule has 1 rings (SSSR count). The van der Waals surface area contributed by atoms with Crippen molar-refractivity contribution in [1.82, 2.24) is 14.7 Å². The Morgan fingerprint density at radius 3 is 2.32 bits per heavy atom. The van der Waals surface area contributed by atoms with Crippen LogP contribution >= 0.6 is 0 Å². The third-order valence-electron chi connectivity index (χ3n) is 7.09. The van der Waals surface area contributed by atoms with Crippen LogP contribution in [0.1, 0.15) is 47.5 Å². The molecule has 9 heteroatoms. The Balaban J connectivity index is 3.17. The molecule has 34 heavy (non-hydrogen) atoms. The molecule has 5 atom stereocenters. The zero-order valence-corrected chi connectivity index (χ0v) is 22.8. The second kappa shape index (κ2) is 13.2. The van der Waals surface area contributed by atoms with Crippen LogP contribution in [0.2, 0.25) is 0 Å². The summed E-state index contributed by atoms with van der Waals surface area (Å²) in [5.74, 6) is -0.919. The third kappa shape index (κ3) is 8.45. The zero-order chi connectivity index (χ0) is 26.3. The van der Waals surface area contributed by atoms with Gasteiger partial charge in [-0.3, -0.25) is 9.59 Å². The molecule has 1 amide bonds. The Labute approximate surface area is 206 Å². The van der Waals surface area contributed by atoms with Crippen molar-refractivity contribution < 1.29 is 29.3 Å². The number of aliphatic hydroxyl groups is 2. The second-order valence-corrected chi connectivity index (χ2v) is 11.2. The largest absolute Gasteiger partial charge is 0.465 e. The van der Waals surface area contributed by atoms with Gasteiger partial charge in [-0.1, -0.05) is 13.8 Å². The summed E-state index contributed by atoms with van der Waals surface area (Å²) in [4.78, 5) is 31.4. The van der Waals surface area contributed by atoms with Crippen LogP contribution in [-0.2, 0) is 19.1 Å². The highest BCUT2D eigenvalue weighted by atomic mass is 16.5. The number of esters is 1. The van der Waals surface area contributed by atoms with Gasteiger partial charge in [-0.15, -0.1) is 0 Å². The lowest BCUT2D eigenvalue weighted by Gasteiger charge is -2.42. The average Bonchev–Trinajstić information content (AvgIpc) is 2.75. The number of hydrogen-bond acceptors (Lipinski definition) is 8. The van der Waals surface area contributed by atoms with Gasteiger partial charge < -0.3 is 34.4 Å². The molecule has 0 spiro atoms. The first-order valence-corrected chi connectivity index (χ1v) is 12.3. The SMILES string of the molecule is CO[C@]1(C)C[C@@H](C)CN(C)CCN(C(=O)CN(C)C)CCCOC(=O)C(C)(C)C(O)[C@H](C)[C@H]1O. The van der Waals surface area contributed by atoms with E-state index < -0.39 is 35.1 Å². The van der Waals surface area contributed by atoms with Crippen molar-refractivity contribution in [1.29, 1.82) is 0 Å². The highest BCUT2D eigenvalue weighted by Gasteiger charge is 2.47. The Morgan fingerprint density at radius 1 is 1.15 bits per heavy atom. The van der Waals surface area contributed by atoms with Gasteiger partial charge in [0, 0.05) is 39.2 Å². The molecule has 0 radical (unpaired) electrons. The van der Waals surface area contributed by atoms with Crippen LogP contribution < -0.4 is 0 Å². The van der Waals surface area contributed by atoms with Gasteiger partial charge in [-0.25, -0.2) is 0 Å². The van der Waals surface area contributed by atoms with Crippen LogP contribution in [0.5, 0.6) is 0 Å². The molecule has 0 aromatic heterocycles. The molecule has 0 aromatic rings. The molecule has 200 valence electrons. The fraction of sp³-hybridized carbons (Fsp3) is 0.920. The Bertz CT molecular complexity index is 659. The highest BCUT2D eigenvalue weighted by Crippen LogP contribution is 2.35. The fourth-order valence-electron chi connectivity index (χ4n) is 4.84. The lowest BCUT2D eigenvalue weighted by Crippen LogP contribution is -2.53. The predicted octanol–water partition coefficient (Wildman–Crippen LogP) is 1.07. The number of rotatable bonds is 3. The average molecular weight is 488 g/mol. The van der Waals surface area contributed by atoms with E-state index in [4.69, 9.17) is 9.47 Å². The second-order valence-electron chi connectivity index (χ2n) is 11.2. The molecule has 1 heterocycles. The monoisotopic (exact) mass is 487 g/mol. The van der Waals surface area contributed by atoms with Gasteiger partial charge in [0.15, 0.2) is 0 Å². The third-order valence-corrected chi connectivity index (χ3v) is 7.09. The van der Waals surface area contributed by atoms with Gasteiger partial charge in [0.2, 0.25) is 5.91 Å². The summed E-state index contributed by atoms with van der Waals surface area (Å²) >= 11 is 0. The number of hydrogen-bond donors (Lipinski definition) is 2. The molecule has 1 fully saturated rings. The van der Waals surface area contributed by atoms with E-state index in [0.29, 0.717) is 39.0 Å². The Kier molecular flexibility index (Phi) is 11.9. The van der Waals surface area contributed by atoms with E-state index in [0.717, 1.165) is 6.54 Å². The first kappa shape index (κ1) is 30.8. The topological polar surface area (TPSA) is 103 Å². The van der Waals surface area contributed by atoms with Crippen LogP contribution in [0.3, 0.4) is 0 Å². The summed E-state index contributed by atoms with van der Waals surface area (Å²) in [5, 5.41) is 22.2.